The molecule has 0 fully saturated rings. The van der Waals surface area contributed by atoms with Crippen LogP contribution in [-0.4, -0.2) is 64.5 Å². The maximum Gasteiger partial charge on any atom is 0.326 e. The van der Waals surface area contributed by atoms with Crippen molar-refractivity contribution in [3.63, 3.8) is 0 Å². The van der Waals surface area contributed by atoms with E-state index in [0.29, 0.717) is 5.56 Å². The Hall–Kier alpha value is -3.67. The number of primary amides is 1. The van der Waals surface area contributed by atoms with Crippen LogP contribution in [0.15, 0.2) is 24.3 Å². The summed E-state index contributed by atoms with van der Waals surface area (Å²) in [6.07, 6.45) is -0.592. The second-order valence-electron chi connectivity index (χ2n) is 7.49. The van der Waals surface area contributed by atoms with Crippen LogP contribution >= 0.6 is 0 Å². The van der Waals surface area contributed by atoms with Crippen molar-refractivity contribution in [2.45, 2.75) is 44.8 Å². The number of carbonyl (C=O) groups is 5. The largest absolute Gasteiger partial charge is 0.508 e. The van der Waals surface area contributed by atoms with E-state index in [1.165, 1.54) is 24.3 Å². The number of aromatic hydroxyl groups is 1. The highest BCUT2D eigenvalue weighted by molar-refractivity contribution is 5.95. The molecule has 0 bridgehead atoms. The minimum Gasteiger partial charge on any atom is -0.508 e. The number of phenolic OH excluding ortho intramolecular Hbond substituents is 1. The first-order valence-electron chi connectivity index (χ1n) is 9.83. The van der Waals surface area contributed by atoms with Crippen LogP contribution in [0.5, 0.6) is 5.75 Å². The molecule has 0 saturated carbocycles. The maximum absolute atomic E-state index is 12.9. The van der Waals surface area contributed by atoms with Crippen LogP contribution in [-0.2, 0) is 30.4 Å². The predicted octanol–water partition coefficient (Wildman–Crippen LogP) is -2.04. The Morgan fingerprint density at radius 2 is 1.50 bits per heavy atom. The summed E-state index contributed by atoms with van der Waals surface area (Å²) < 4.78 is 0. The molecular weight excluding hydrogens is 422 g/mol. The number of carboxylic acid groups (broad SMARTS) is 1. The number of amides is 4. The van der Waals surface area contributed by atoms with Gasteiger partial charge in [-0.05, 0) is 23.6 Å². The van der Waals surface area contributed by atoms with Gasteiger partial charge < -0.3 is 37.6 Å². The van der Waals surface area contributed by atoms with Gasteiger partial charge in [-0.1, -0.05) is 26.0 Å². The molecule has 0 heterocycles. The third kappa shape index (κ3) is 8.60. The van der Waals surface area contributed by atoms with Crippen molar-refractivity contribution in [3.05, 3.63) is 29.8 Å². The summed E-state index contributed by atoms with van der Waals surface area (Å²) >= 11 is 0. The van der Waals surface area contributed by atoms with E-state index in [1.807, 2.05) is 0 Å². The highest BCUT2D eigenvalue weighted by atomic mass is 16.4. The first-order chi connectivity index (χ1) is 14.9. The van der Waals surface area contributed by atoms with Crippen molar-refractivity contribution in [1.82, 2.24) is 16.0 Å². The summed E-state index contributed by atoms with van der Waals surface area (Å²) in [7, 11) is 0. The summed E-state index contributed by atoms with van der Waals surface area (Å²) in [5, 5.41) is 25.9. The zero-order valence-electron chi connectivity index (χ0n) is 17.8. The zero-order valence-corrected chi connectivity index (χ0v) is 17.8. The molecule has 4 amide bonds. The van der Waals surface area contributed by atoms with Gasteiger partial charge in [0.05, 0.1) is 13.0 Å². The minimum absolute atomic E-state index is 0.00412. The van der Waals surface area contributed by atoms with E-state index in [0.717, 1.165) is 0 Å². The standard InChI is InChI=1S/C20H29N5O7/c1-10(2)17(20(31)32)25-19(30)13(7-11-3-5-12(26)6-4-11)24-18(29)14(8-15(22)27)23-16(28)9-21/h3-6,10,13-14,17,26H,7-9,21H2,1-2H3,(H2,22,27)(H,23,28)(H,24,29)(H,25,30)(H,31,32)/t13-,14-,17-/m0/s1. The summed E-state index contributed by atoms with van der Waals surface area (Å²) in [5.41, 5.74) is 10.9. The second kappa shape index (κ2) is 12.2. The van der Waals surface area contributed by atoms with E-state index >= 15 is 0 Å². The smallest absolute Gasteiger partial charge is 0.326 e. The molecule has 9 N–H and O–H groups in total. The molecule has 0 spiro atoms. The van der Waals surface area contributed by atoms with Gasteiger partial charge in [-0.25, -0.2) is 4.79 Å². The van der Waals surface area contributed by atoms with Crippen molar-refractivity contribution >= 4 is 29.6 Å². The van der Waals surface area contributed by atoms with E-state index in [-0.39, 0.29) is 12.2 Å². The fraction of sp³-hybridized carbons (Fsp3) is 0.450. The Morgan fingerprint density at radius 1 is 0.938 bits per heavy atom. The number of phenols is 1. The van der Waals surface area contributed by atoms with Crippen LogP contribution < -0.4 is 27.4 Å². The lowest BCUT2D eigenvalue weighted by Gasteiger charge is -2.25. The van der Waals surface area contributed by atoms with E-state index in [1.54, 1.807) is 13.8 Å². The zero-order chi connectivity index (χ0) is 24.4. The van der Waals surface area contributed by atoms with Gasteiger partial charge in [0.15, 0.2) is 0 Å². The average molecular weight is 451 g/mol. The van der Waals surface area contributed by atoms with Crippen molar-refractivity contribution < 1.29 is 34.2 Å². The van der Waals surface area contributed by atoms with E-state index in [2.05, 4.69) is 16.0 Å². The Bertz CT molecular complexity index is 841. The van der Waals surface area contributed by atoms with Crippen molar-refractivity contribution in [2.75, 3.05) is 6.54 Å². The van der Waals surface area contributed by atoms with Gasteiger partial charge in [-0.2, -0.15) is 0 Å². The average Bonchev–Trinajstić information content (AvgIpc) is 2.71. The van der Waals surface area contributed by atoms with Gasteiger partial charge in [-0.15, -0.1) is 0 Å². The predicted molar refractivity (Wildman–Crippen MR) is 113 cm³/mol. The van der Waals surface area contributed by atoms with Crippen LogP contribution in [0.2, 0.25) is 0 Å². The van der Waals surface area contributed by atoms with E-state index in [9.17, 15) is 34.2 Å². The van der Waals surface area contributed by atoms with Crippen LogP contribution in [0.1, 0.15) is 25.8 Å². The number of rotatable bonds is 12. The molecule has 3 atom stereocenters. The molecule has 0 aliphatic carbocycles. The number of carbonyl (C=O) groups excluding carboxylic acids is 4. The Labute approximate surface area is 184 Å². The number of hydrogen-bond acceptors (Lipinski definition) is 7. The van der Waals surface area contributed by atoms with Crippen molar-refractivity contribution in [3.8, 4) is 5.75 Å². The number of carboxylic acids is 1. The molecule has 12 heteroatoms. The Kier molecular flexibility index (Phi) is 10.1. The van der Waals surface area contributed by atoms with Gasteiger partial charge in [-0.3, -0.25) is 19.2 Å². The van der Waals surface area contributed by atoms with Crippen LogP contribution in [0.25, 0.3) is 0 Å². The molecule has 1 rings (SSSR count). The molecule has 0 unspecified atom stereocenters. The number of aliphatic carboxylic acids is 1. The van der Waals surface area contributed by atoms with Crippen LogP contribution in [0, 0.1) is 5.92 Å². The molecule has 1 aromatic rings. The lowest BCUT2D eigenvalue weighted by molar-refractivity contribution is -0.143. The Morgan fingerprint density at radius 3 is 1.97 bits per heavy atom. The van der Waals surface area contributed by atoms with Crippen LogP contribution in [0.4, 0.5) is 0 Å². The molecular formula is C20H29N5O7. The third-order valence-electron chi connectivity index (χ3n) is 4.48. The fourth-order valence-electron chi connectivity index (χ4n) is 2.78. The van der Waals surface area contributed by atoms with Gasteiger partial charge in [0, 0.05) is 6.42 Å². The SMILES string of the molecule is CC(C)[C@H](NC(=O)[C@H](Cc1ccc(O)cc1)NC(=O)[C@H](CC(N)=O)NC(=O)CN)C(=O)O. The molecule has 32 heavy (non-hydrogen) atoms. The Balaban J connectivity index is 3.13. The summed E-state index contributed by atoms with van der Waals surface area (Å²) in [4.78, 5) is 60.0. The first kappa shape index (κ1) is 26.4. The van der Waals surface area contributed by atoms with Crippen LogP contribution in [0.3, 0.4) is 0 Å². The second-order valence-corrected chi connectivity index (χ2v) is 7.49. The molecule has 0 aliphatic rings. The molecule has 0 aromatic heterocycles. The number of nitrogens with two attached hydrogens (primary N) is 2. The van der Waals surface area contributed by atoms with Gasteiger partial charge in [0.2, 0.25) is 23.6 Å². The normalized spacial score (nSPS) is 13.5. The molecule has 0 radical (unpaired) electrons. The molecule has 12 nitrogen and oxygen atoms in total. The number of benzene rings is 1. The summed E-state index contributed by atoms with van der Waals surface area (Å²) in [5.74, 6) is -4.92. The summed E-state index contributed by atoms with van der Waals surface area (Å²) in [6, 6.07) is 1.98. The van der Waals surface area contributed by atoms with E-state index < -0.39 is 66.6 Å². The molecule has 0 saturated heterocycles. The number of nitrogens with one attached hydrogen (secondary N) is 3. The molecule has 176 valence electrons. The molecule has 0 aliphatic heterocycles. The molecule has 1 aromatic carbocycles. The monoisotopic (exact) mass is 451 g/mol. The highest BCUT2D eigenvalue weighted by Gasteiger charge is 2.31. The first-order valence-corrected chi connectivity index (χ1v) is 9.83. The fourth-order valence-corrected chi connectivity index (χ4v) is 2.78. The lowest BCUT2D eigenvalue weighted by Crippen LogP contribution is -2.58. The maximum atomic E-state index is 12.9. The summed E-state index contributed by atoms with van der Waals surface area (Å²) in [6.45, 7) is 2.78. The van der Waals surface area contributed by atoms with Crippen molar-refractivity contribution in [1.29, 1.82) is 0 Å². The van der Waals surface area contributed by atoms with Crippen molar-refractivity contribution in [2.24, 2.45) is 17.4 Å². The number of hydrogen-bond donors (Lipinski definition) is 7. The highest BCUT2D eigenvalue weighted by Crippen LogP contribution is 2.12. The minimum atomic E-state index is -1.38. The topological polar surface area (TPSA) is 214 Å². The van der Waals surface area contributed by atoms with E-state index in [4.69, 9.17) is 11.5 Å². The van der Waals surface area contributed by atoms with Gasteiger partial charge >= 0.3 is 5.97 Å². The lowest BCUT2D eigenvalue weighted by atomic mass is 10.0. The third-order valence-corrected chi connectivity index (χ3v) is 4.48. The van der Waals surface area contributed by atoms with Gasteiger partial charge in [0.1, 0.15) is 23.9 Å². The van der Waals surface area contributed by atoms with Gasteiger partial charge in [0.25, 0.3) is 0 Å². The quantitative estimate of drug-likeness (QED) is 0.187.